The summed E-state index contributed by atoms with van der Waals surface area (Å²) in [6, 6.07) is 8.01. The quantitative estimate of drug-likeness (QED) is 0.443. The first-order chi connectivity index (χ1) is 12.1. The molecule has 1 aliphatic carbocycles. The van der Waals surface area contributed by atoms with Crippen LogP contribution in [-0.4, -0.2) is 32.1 Å². The van der Waals surface area contributed by atoms with Gasteiger partial charge in [-0.25, -0.2) is 0 Å². The zero-order valence-corrected chi connectivity index (χ0v) is 16.5. The molecule has 0 amide bonds. The predicted molar refractivity (Wildman–Crippen MR) is 107 cm³/mol. The molecule has 1 aromatic carbocycles. The van der Waals surface area contributed by atoms with E-state index in [4.69, 9.17) is 16.4 Å². The molecule has 0 spiro atoms. The number of rotatable bonds is 10. The number of halogens is 1. The van der Waals surface area contributed by atoms with Crippen molar-refractivity contribution in [1.29, 1.82) is 0 Å². The van der Waals surface area contributed by atoms with Crippen LogP contribution in [0.4, 0.5) is 0 Å². The van der Waals surface area contributed by atoms with Crippen molar-refractivity contribution in [3.8, 4) is 0 Å². The van der Waals surface area contributed by atoms with Crippen molar-refractivity contribution < 1.29 is 4.84 Å². The van der Waals surface area contributed by atoms with E-state index in [2.05, 4.69) is 49.6 Å². The van der Waals surface area contributed by atoms with E-state index in [1.807, 2.05) is 12.1 Å². The molecule has 0 heterocycles. The molecule has 2 rings (SSSR count). The van der Waals surface area contributed by atoms with Crippen LogP contribution < -0.4 is 5.48 Å². The Labute approximate surface area is 157 Å². The summed E-state index contributed by atoms with van der Waals surface area (Å²) in [5.41, 5.74) is 8.48. The van der Waals surface area contributed by atoms with Crippen LogP contribution in [0.15, 0.2) is 41.1 Å². The average molecular weight is 363 g/mol. The van der Waals surface area contributed by atoms with Crippen LogP contribution in [0.1, 0.15) is 51.0 Å². The Morgan fingerprint density at radius 2 is 1.92 bits per heavy atom. The maximum atomic E-state index is 5.99. The maximum absolute atomic E-state index is 5.99. The maximum Gasteiger partial charge on any atom is 0.0758 e. The number of unbranched alkanes of at least 4 members (excludes halogenated alkanes) is 1. The number of nitrogens with one attached hydrogen (secondary N) is 1. The SMILES string of the molecule is CCCCC1=C(NOCCCN(C)C)C(=Cc2ccc(Cl)cc2)CC1. The van der Waals surface area contributed by atoms with Crippen molar-refractivity contribution in [3.05, 3.63) is 51.7 Å². The highest BCUT2D eigenvalue weighted by atomic mass is 35.5. The van der Waals surface area contributed by atoms with Crippen molar-refractivity contribution in [2.75, 3.05) is 27.2 Å². The van der Waals surface area contributed by atoms with Crippen molar-refractivity contribution >= 4 is 17.7 Å². The van der Waals surface area contributed by atoms with Crippen LogP contribution >= 0.6 is 11.6 Å². The Hall–Kier alpha value is -1.29. The van der Waals surface area contributed by atoms with Gasteiger partial charge in [0, 0.05) is 5.02 Å². The smallest absolute Gasteiger partial charge is 0.0758 e. The summed E-state index contributed by atoms with van der Waals surface area (Å²) >= 11 is 5.99. The fourth-order valence-electron chi connectivity index (χ4n) is 3.02. The summed E-state index contributed by atoms with van der Waals surface area (Å²) in [6.07, 6.45) is 9.08. The summed E-state index contributed by atoms with van der Waals surface area (Å²) in [5, 5.41) is 0.773. The highest BCUT2D eigenvalue weighted by Crippen LogP contribution is 2.34. The highest BCUT2D eigenvalue weighted by molar-refractivity contribution is 6.30. The van der Waals surface area contributed by atoms with Crippen LogP contribution in [0.3, 0.4) is 0 Å². The molecule has 0 aliphatic heterocycles. The van der Waals surface area contributed by atoms with Gasteiger partial charge in [0.25, 0.3) is 0 Å². The lowest BCUT2D eigenvalue weighted by atomic mass is 10.1. The molecule has 0 atom stereocenters. The molecular weight excluding hydrogens is 332 g/mol. The summed E-state index contributed by atoms with van der Waals surface area (Å²) in [5.74, 6) is 0. The lowest BCUT2D eigenvalue weighted by molar-refractivity contribution is 0.0589. The monoisotopic (exact) mass is 362 g/mol. The number of allylic oxidation sites excluding steroid dienone is 2. The Balaban J connectivity index is 2.04. The molecule has 25 heavy (non-hydrogen) atoms. The summed E-state index contributed by atoms with van der Waals surface area (Å²) < 4.78 is 0. The van der Waals surface area contributed by atoms with Crippen LogP contribution in [0.5, 0.6) is 0 Å². The third-order valence-electron chi connectivity index (χ3n) is 4.44. The molecule has 1 aromatic rings. The zero-order chi connectivity index (χ0) is 18.1. The van der Waals surface area contributed by atoms with Gasteiger partial charge in [0.1, 0.15) is 0 Å². The van der Waals surface area contributed by atoms with Gasteiger partial charge in [-0.05, 0) is 87.7 Å². The second kappa shape index (κ2) is 10.6. The van der Waals surface area contributed by atoms with Gasteiger partial charge >= 0.3 is 0 Å². The fraction of sp³-hybridized carbons (Fsp3) is 0.524. The molecule has 1 aliphatic rings. The normalized spacial score (nSPS) is 16.3. The molecule has 0 saturated carbocycles. The van der Waals surface area contributed by atoms with E-state index in [-0.39, 0.29) is 0 Å². The van der Waals surface area contributed by atoms with Gasteiger partial charge in [0.15, 0.2) is 0 Å². The van der Waals surface area contributed by atoms with E-state index in [9.17, 15) is 0 Å². The molecule has 0 unspecified atom stereocenters. The topological polar surface area (TPSA) is 24.5 Å². The van der Waals surface area contributed by atoms with Gasteiger partial charge in [0.05, 0.1) is 12.3 Å². The Morgan fingerprint density at radius 1 is 1.16 bits per heavy atom. The van der Waals surface area contributed by atoms with Gasteiger partial charge in [0.2, 0.25) is 0 Å². The van der Waals surface area contributed by atoms with Crippen LogP contribution in [-0.2, 0) is 4.84 Å². The first-order valence-corrected chi connectivity index (χ1v) is 9.69. The van der Waals surface area contributed by atoms with Crippen molar-refractivity contribution in [2.24, 2.45) is 0 Å². The molecular formula is C21H31ClN2O. The first kappa shape index (κ1) is 20.0. The number of hydrogen-bond acceptors (Lipinski definition) is 3. The zero-order valence-electron chi connectivity index (χ0n) is 15.8. The minimum Gasteiger partial charge on any atom is -0.309 e. The predicted octanol–water partition coefficient (Wildman–Crippen LogP) is 5.43. The standard InChI is InChI=1S/C21H31ClN2O/c1-4-5-7-18-10-11-19(16-17-8-12-20(22)13-9-17)21(18)23-25-15-6-14-24(2)3/h8-9,12-13,16,23H,4-7,10-11,14-15H2,1-3H3. The van der Waals surface area contributed by atoms with E-state index < -0.39 is 0 Å². The lowest BCUT2D eigenvalue weighted by Crippen LogP contribution is -2.20. The number of hydrogen-bond donors (Lipinski definition) is 1. The summed E-state index contributed by atoms with van der Waals surface area (Å²) in [4.78, 5) is 7.95. The second-order valence-corrected chi connectivity index (χ2v) is 7.35. The number of benzene rings is 1. The minimum atomic E-state index is 0.719. The third-order valence-corrected chi connectivity index (χ3v) is 4.69. The Kier molecular flexibility index (Phi) is 8.53. The third kappa shape index (κ3) is 6.85. The van der Waals surface area contributed by atoms with E-state index in [1.54, 1.807) is 0 Å². The molecule has 0 fully saturated rings. The minimum absolute atomic E-state index is 0.719. The molecule has 3 nitrogen and oxygen atoms in total. The van der Waals surface area contributed by atoms with Gasteiger partial charge in [-0.3, -0.25) is 10.3 Å². The molecule has 4 heteroatoms. The van der Waals surface area contributed by atoms with E-state index in [0.717, 1.165) is 43.9 Å². The van der Waals surface area contributed by atoms with Crippen LogP contribution in [0.2, 0.25) is 5.02 Å². The lowest BCUT2D eigenvalue weighted by Gasteiger charge is -2.14. The van der Waals surface area contributed by atoms with E-state index in [0.29, 0.717) is 0 Å². The van der Waals surface area contributed by atoms with E-state index >= 15 is 0 Å². The molecule has 0 aromatic heterocycles. The van der Waals surface area contributed by atoms with Crippen molar-refractivity contribution in [1.82, 2.24) is 10.4 Å². The van der Waals surface area contributed by atoms with Gasteiger partial charge in [-0.15, -0.1) is 0 Å². The molecule has 0 radical (unpaired) electrons. The Bertz CT molecular complexity index is 590. The van der Waals surface area contributed by atoms with E-state index in [1.165, 1.54) is 35.2 Å². The molecule has 138 valence electrons. The Morgan fingerprint density at radius 3 is 2.60 bits per heavy atom. The molecule has 1 N–H and O–H groups in total. The fourth-order valence-corrected chi connectivity index (χ4v) is 3.15. The van der Waals surface area contributed by atoms with Crippen molar-refractivity contribution in [2.45, 2.75) is 45.4 Å². The average Bonchev–Trinajstić information content (AvgIpc) is 2.96. The van der Waals surface area contributed by atoms with Gasteiger partial charge < -0.3 is 4.90 Å². The highest BCUT2D eigenvalue weighted by Gasteiger charge is 2.19. The second-order valence-electron chi connectivity index (χ2n) is 6.91. The molecule has 0 bridgehead atoms. The van der Waals surface area contributed by atoms with Crippen LogP contribution in [0, 0.1) is 0 Å². The van der Waals surface area contributed by atoms with Gasteiger partial charge in [-0.2, -0.15) is 0 Å². The number of nitrogens with zero attached hydrogens (tertiary/aromatic N) is 1. The molecule has 0 saturated heterocycles. The number of hydroxylamine groups is 1. The van der Waals surface area contributed by atoms with Crippen LogP contribution in [0.25, 0.3) is 6.08 Å². The first-order valence-electron chi connectivity index (χ1n) is 9.31. The summed E-state index contributed by atoms with van der Waals surface area (Å²) in [7, 11) is 4.17. The van der Waals surface area contributed by atoms with Gasteiger partial charge in [-0.1, -0.05) is 37.1 Å². The summed E-state index contributed by atoms with van der Waals surface area (Å²) in [6.45, 7) is 4.00. The largest absolute Gasteiger partial charge is 0.309 e. The van der Waals surface area contributed by atoms with Crippen molar-refractivity contribution in [3.63, 3.8) is 0 Å².